The van der Waals surface area contributed by atoms with Crippen molar-refractivity contribution in [1.82, 2.24) is 5.01 Å². The Kier molecular flexibility index (Phi) is 5.28. The number of carboxylic acids is 1. The standard InChI is InChI=1S/C19H17BrN2O3/c20-15-8-4-7-14(11-15)16-12-17(13-5-2-1-3-6-13)22(21-16)18(23)9-10-19(24)25/h1-8,11,17H,9-10,12H2,(H,24,25)/t17-/m1/s1. The fourth-order valence-electron chi connectivity index (χ4n) is 2.85. The Morgan fingerprint density at radius 1 is 1.12 bits per heavy atom. The average molecular weight is 401 g/mol. The van der Waals surface area contributed by atoms with Gasteiger partial charge < -0.3 is 5.11 Å². The third-order valence-electron chi connectivity index (χ3n) is 4.06. The molecular weight excluding hydrogens is 384 g/mol. The normalized spacial score (nSPS) is 16.6. The summed E-state index contributed by atoms with van der Waals surface area (Å²) in [6.45, 7) is 0. The van der Waals surface area contributed by atoms with E-state index in [1.807, 2.05) is 54.6 Å². The Bertz CT molecular complexity index is 820. The number of rotatable bonds is 5. The molecule has 5 nitrogen and oxygen atoms in total. The summed E-state index contributed by atoms with van der Waals surface area (Å²) in [6.07, 6.45) is 0.339. The average Bonchev–Trinajstić information content (AvgIpc) is 3.06. The summed E-state index contributed by atoms with van der Waals surface area (Å²) in [5.74, 6) is -1.26. The van der Waals surface area contributed by atoms with Gasteiger partial charge in [-0.1, -0.05) is 58.4 Å². The highest BCUT2D eigenvalue weighted by Gasteiger charge is 2.32. The van der Waals surface area contributed by atoms with Crippen LogP contribution in [0.3, 0.4) is 0 Å². The van der Waals surface area contributed by atoms with Crippen molar-refractivity contribution in [2.75, 3.05) is 0 Å². The number of benzene rings is 2. The molecule has 2 aromatic carbocycles. The number of nitrogens with zero attached hydrogens (tertiary/aromatic N) is 2. The van der Waals surface area contributed by atoms with Gasteiger partial charge in [-0.25, -0.2) is 5.01 Å². The Labute approximate surface area is 154 Å². The molecule has 0 saturated carbocycles. The minimum absolute atomic E-state index is 0.0616. The molecule has 2 aromatic rings. The molecule has 0 radical (unpaired) electrons. The Hall–Kier alpha value is -2.47. The lowest BCUT2D eigenvalue weighted by atomic mass is 9.98. The van der Waals surface area contributed by atoms with Crippen LogP contribution in [0.2, 0.25) is 0 Å². The van der Waals surface area contributed by atoms with E-state index in [9.17, 15) is 9.59 Å². The molecule has 0 aliphatic carbocycles. The fourth-order valence-corrected chi connectivity index (χ4v) is 3.25. The maximum atomic E-state index is 12.5. The van der Waals surface area contributed by atoms with E-state index in [2.05, 4.69) is 21.0 Å². The Balaban J connectivity index is 1.90. The zero-order valence-electron chi connectivity index (χ0n) is 13.4. The molecule has 1 aliphatic heterocycles. The number of hydrogen-bond acceptors (Lipinski definition) is 3. The van der Waals surface area contributed by atoms with E-state index in [0.29, 0.717) is 6.42 Å². The summed E-state index contributed by atoms with van der Waals surface area (Å²) in [6, 6.07) is 17.3. The lowest BCUT2D eigenvalue weighted by Crippen LogP contribution is -2.27. The number of aliphatic carboxylic acids is 1. The van der Waals surface area contributed by atoms with Gasteiger partial charge in [-0.15, -0.1) is 0 Å². The van der Waals surface area contributed by atoms with E-state index in [0.717, 1.165) is 21.3 Å². The molecule has 0 fully saturated rings. The zero-order chi connectivity index (χ0) is 17.8. The molecule has 0 saturated heterocycles. The molecule has 1 N–H and O–H groups in total. The van der Waals surface area contributed by atoms with Crippen molar-refractivity contribution in [2.45, 2.75) is 25.3 Å². The smallest absolute Gasteiger partial charge is 0.303 e. The van der Waals surface area contributed by atoms with Gasteiger partial charge in [0.05, 0.1) is 18.2 Å². The third-order valence-corrected chi connectivity index (χ3v) is 4.55. The zero-order valence-corrected chi connectivity index (χ0v) is 15.0. The second-order valence-corrected chi connectivity index (χ2v) is 6.74. The van der Waals surface area contributed by atoms with Crippen LogP contribution >= 0.6 is 15.9 Å². The van der Waals surface area contributed by atoms with E-state index in [1.54, 1.807) is 0 Å². The highest BCUT2D eigenvalue weighted by Crippen LogP contribution is 2.33. The van der Waals surface area contributed by atoms with Gasteiger partial charge in [-0.05, 0) is 23.3 Å². The molecule has 1 aliphatic rings. The van der Waals surface area contributed by atoms with Crippen molar-refractivity contribution in [2.24, 2.45) is 5.10 Å². The minimum Gasteiger partial charge on any atom is -0.481 e. The largest absolute Gasteiger partial charge is 0.481 e. The van der Waals surface area contributed by atoms with E-state index in [-0.39, 0.29) is 24.8 Å². The highest BCUT2D eigenvalue weighted by molar-refractivity contribution is 9.10. The molecule has 3 rings (SSSR count). The number of carbonyl (C=O) groups is 2. The first-order valence-corrected chi connectivity index (χ1v) is 8.76. The maximum Gasteiger partial charge on any atom is 0.303 e. The van der Waals surface area contributed by atoms with Crippen LogP contribution in [-0.2, 0) is 9.59 Å². The molecule has 1 amide bonds. The molecule has 0 bridgehead atoms. The summed E-state index contributed by atoms with van der Waals surface area (Å²) in [4.78, 5) is 23.3. The molecule has 0 spiro atoms. The number of hydrazone groups is 1. The monoisotopic (exact) mass is 400 g/mol. The van der Waals surface area contributed by atoms with Crippen LogP contribution in [-0.4, -0.2) is 27.7 Å². The van der Waals surface area contributed by atoms with Gasteiger partial charge in [-0.2, -0.15) is 5.10 Å². The van der Waals surface area contributed by atoms with Crippen LogP contribution in [0, 0.1) is 0 Å². The van der Waals surface area contributed by atoms with Crippen LogP contribution in [0.1, 0.15) is 36.4 Å². The van der Waals surface area contributed by atoms with E-state index in [4.69, 9.17) is 5.11 Å². The van der Waals surface area contributed by atoms with Gasteiger partial charge in [0.25, 0.3) is 0 Å². The van der Waals surface area contributed by atoms with Gasteiger partial charge in [0.1, 0.15) is 0 Å². The topological polar surface area (TPSA) is 70.0 Å². The van der Waals surface area contributed by atoms with Crippen molar-refractivity contribution >= 4 is 33.5 Å². The summed E-state index contributed by atoms with van der Waals surface area (Å²) >= 11 is 3.45. The number of carboxylic acid groups (broad SMARTS) is 1. The minimum atomic E-state index is -0.986. The van der Waals surface area contributed by atoms with Crippen molar-refractivity contribution in [3.05, 3.63) is 70.2 Å². The molecule has 1 heterocycles. The number of carbonyl (C=O) groups excluding carboxylic acids is 1. The van der Waals surface area contributed by atoms with Crippen molar-refractivity contribution < 1.29 is 14.7 Å². The van der Waals surface area contributed by atoms with Crippen LogP contribution < -0.4 is 0 Å². The lowest BCUT2D eigenvalue weighted by molar-refractivity contribution is -0.141. The quantitative estimate of drug-likeness (QED) is 0.824. The van der Waals surface area contributed by atoms with Crippen LogP contribution in [0.4, 0.5) is 0 Å². The predicted molar refractivity (Wildman–Crippen MR) is 98.2 cm³/mol. The Morgan fingerprint density at radius 3 is 2.56 bits per heavy atom. The van der Waals surface area contributed by atoms with Gasteiger partial charge in [0.15, 0.2) is 0 Å². The first-order valence-electron chi connectivity index (χ1n) is 7.97. The Morgan fingerprint density at radius 2 is 1.88 bits per heavy atom. The number of halogens is 1. The SMILES string of the molecule is O=C(O)CCC(=O)N1N=C(c2cccc(Br)c2)C[C@@H]1c1ccccc1. The summed E-state index contributed by atoms with van der Waals surface area (Å²) in [7, 11) is 0. The summed E-state index contributed by atoms with van der Waals surface area (Å²) < 4.78 is 0.944. The molecule has 0 unspecified atom stereocenters. The molecule has 25 heavy (non-hydrogen) atoms. The predicted octanol–water partition coefficient (Wildman–Crippen LogP) is 3.99. The number of amides is 1. The molecule has 128 valence electrons. The first kappa shape index (κ1) is 17.4. The van der Waals surface area contributed by atoms with Crippen LogP contribution in [0.5, 0.6) is 0 Å². The maximum absolute atomic E-state index is 12.5. The van der Waals surface area contributed by atoms with Gasteiger partial charge in [0.2, 0.25) is 5.91 Å². The molecule has 1 atom stereocenters. The van der Waals surface area contributed by atoms with Crippen molar-refractivity contribution in [3.8, 4) is 0 Å². The second kappa shape index (κ2) is 7.61. The van der Waals surface area contributed by atoms with E-state index < -0.39 is 5.97 Å². The number of hydrogen-bond donors (Lipinski definition) is 1. The van der Waals surface area contributed by atoms with Gasteiger partial charge >= 0.3 is 5.97 Å². The van der Waals surface area contributed by atoms with Crippen molar-refractivity contribution in [3.63, 3.8) is 0 Å². The second-order valence-electron chi connectivity index (χ2n) is 5.82. The lowest BCUT2D eigenvalue weighted by Gasteiger charge is -2.21. The third kappa shape index (κ3) is 4.14. The van der Waals surface area contributed by atoms with Crippen LogP contribution in [0.15, 0.2) is 64.2 Å². The molecule has 6 heteroatoms. The van der Waals surface area contributed by atoms with E-state index >= 15 is 0 Å². The van der Waals surface area contributed by atoms with Gasteiger partial charge in [-0.3, -0.25) is 9.59 Å². The first-order chi connectivity index (χ1) is 12.0. The van der Waals surface area contributed by atoms with E-state index in [1.165, 1.54) is 5.01 Å². The van der Waals surface area contributed by atoms with Gasteiger partial charge in [0, 0.05) is 17.3 Å². The molecule has 0 aromatic heterocycles. The summed E-state index contributed by atoms with van der Waals surface area (Å²) in [5, 5.41) is 14.8. The summed E-state index contributed by atoms with van der Waals surface area (Å²) in [5.41, 5.74) is 2.75. The van der Waals surface area contributed by atoms with Crippen molar-refractivity contribution in [1.29, 1.82) is 0 Å². The molecular formula is C19H17BrN2O3. The highest BCUT2D eigenvalue weighted by atomic mass is 79.9. The van der Waals surface area contributed by atoms with Crippen LogP contribution in [0.25, 0.3) is 0 Å². The fraction of sp³-hybridized carbons (Fsp3) is 0.211.